The van der Waals surface area contributed by atoms with E-state index in [1.165, 1.54) is 63.3 Å². The number of nitrogens with one attached hydrogen (secondary N) is 3. The number of ether oxygens (including phenoxy) is 2. The molecule has 0 amide bonds. The number of hydrogen-bond acceptors (Lipinski definition) is 16. The van der Waals surface area contributed by atoms with E-state index in [1.54, 1.807) is 27.1 Å². The third kappa shape index (κ3) is 14.7. The first-order valence-corrected chi connectivity index (χ1v) is 27.6. The zero-order valence-electron chi connectivity index (χ0n) is 41.4. The molecule has 0 bridgehead atoms. The third-order valence-corrected chi connectivity index (χ3v) is 15.4. The number of aromatic amines is 2. The van der Waals surface area contributed by atoms with Crippen molar-refractivity contribution in [2.75, 3.05) is 59.2 Å². The van der Waals surface area contributed by atoms with E-state index in [2.05, 4.69) is 35.5 Å². The van der Waals surface area contributed by atoms with Gasteiger partial charge in [0.1, 0.15) is 34.2 Å². The lowest BCUT2D eigenvalue weighted by molar-refractivity contribution is 0.117. The van der Waals surface area contributed by atoms with Gasteiger partial charge in [-0.25, -0.2) is 26.8 Å². The monoisotopic (exact) mass is 1110 g/mol. The first kappa shape index (κ1) is 63.3. The fourth-order valence-corrected chi connectivity index (χ4v) is 10.4. The van der Waals surface area contributed by atoms with Crippen LogP contribution in [0.5, 0.6) is 11.5 Å². The van der Waals surface area contributed by atoms with Crippen molar-refractivity contribution in [2.45, 2.75) is 97.3 Å². The number of fused-ring (bicyclic) bond motifs is 2. The fraction of sp³-hybridized carbons (Fsp3) is 0.551. The van der Waals surface area contributed by atoms with Gasteiger partial charge in [0.15, 0.2) is 11.0 Å². The molecule has 2 saturated heterocycles. The summed E-state index contributed by atoms with van der Waals surface area (Å²) < 4.78 is 65.2. The van der Waals surface area contributed by atoms with Crippen molar-refractivity contribution in [1.82, 2.24) is 49.1 Å². The number of benzene rings is 2. The van der Waals surface area contributed by atoms with Gasteiger partial charge in [-0.2, -0.15) is 14.5 Å². The number of halogens is 2. The number of H-pyrrole nitrogens is 2. The maximum atomic E-state index is 13.0. The van der Waals surface area contributed by atoms with Gasteiger partial charge in [-0.1, -0.05) is 48.0 Å². The Kier molecular flexibility index (Phi) is 24.2. The van der Waals surface area contributed by atoms with Crippen LogP contribution < -0.4 is 25.9 Å². The summed E-state index contributed by atoms with van der Waals surface area (Å²) in [5.74, 6) is 2.43. The first-order valence-electron chi connectivity index (χ1n) is 23.9. The Balaban J connectivity index is 0.000000309. The summed E-state index contributed by atoms with van der Waals surface area (Å²) in [7, 11) is 1.16. The van der Waals surface area contributed by atoms with E-state index < -0.39 is 19.1 Å². The molecule has 1 aliphatic carbocycles. The van der Waals surface area contributed by atoms with Gasteiger partial charge in [0.25, 0.3) is 20.2 Å². The largest absolute Gasteiger partial charge is 0.493 e. The summed E-state index contributed by atoms with van der Waals surface area (Å²) in [5.41, 5.74) is 3.14. The van der Waals surface area contributed by atoms with Gasteiger partial charge >= 0.3 is 0 Å². The highest BCUT2D eigenvalue weighted by Crippen LogP contribution is 2.35. The van der Waals surface area contributed by atoms with Gasteiger partial charge in [0, 0.05) is 82.6 Å². The van der Waals surface area contributed by atoms with E-state index >= 15 is 0 Å². The number of rotatable bonds is 16. The summed E-state index contributed by atoms with van der Waals surface area (Å²) >= 11 is 0. The van der Waals surface area contributed by atoms with Crippen molar-refractivity contribution >= 4 is 64.2 Å². The van der Waals surface area contributed by atoms with Crippen molar-refractivity contribution in [1.29, 1.82) is 0 Å². The Morgan fingerprint density at radius 3 is 1.43 bits per heavy atom. The van der Waals surface area contributed by atoms with Crippen molar-refractivity contribution in [2.24, 2.45) is 31.8 Å². The minimum Gasteiger partial charge on any atom is -0.493 e. The van der Waals surface area contributed by atoms with Crippen LogP contribution >= 0.6 is 23.1 Å². The maximum absolute atomic E-state index is 13.0. The van der Waals surface area contributed by atoms with Crippen molar-refractivity contribution in [3.63, 3.8) is 0 Å². The third-order valence-electron chi connectivity index (χ3n) is 12.2. The lowest BCUT2D eigenvalue weighted by Crippen LogP contribution is -2.51. The molecule has 0 spiro atoms. The number of nitrogens with zero attached hydrogens (tertiary/aromatic N) is 7. The predicted octanol–water partition coefficient (Wildman–Crippen LogP) is 5.56. The zero-order valence-corrected chi connectivity index (χ0v) is 44.6. The Hall–Kier alpha value is -4.98. The number of aliphatic hydroxyl groups excluding tert-OH is 3. The van der Waals surface area contributed by atoms with Gasteiger partial charge in [0.05, 0.1) is 45.5 Å². The molecule has 2 aromatic carbocycles. The molecule has 412 valence electrons. The normalized spacial score (nSPS) is 14.7. The van der Waals surface area contributed by atoms with Crippen molar-refractivity contribution in [3.8, 4) is 34.3 Å². The fourth-order valence-electron chi connectivity index (χ4n) is 7.96. The Morgan fingerprint density at radius 1 is 0.676 bits per heavy atom. The highest BCUT2D eigenvalue weighted by molar-refractivity contribution is 8.13. The van der Waals surface area contributed by atoms with Crippen LogP contribution in [0.4, 0.5) is 0 Å². The van der Waals surface area contributed by atoms with Gasteiger partial charge in [-0.3, -0.25) is 19.0 Å². The summed E-state index contributed by atoms with van der Waals surface area (Å²) in [6, 6.07) is 8.73. The van der Waals surface area contributed by atoms with E-state index in [9.17, 15) is 31.5 Å². The van der Waals surface area contributed by atoms with Gasteiger partial charge in [-0.15, -0.1) is 12.4 Å². The molecule has 6 heterocycles. The van der Waals surface area contributed by atoms with E-state index in [-0.39, 0.29) is 85.4 Å². The molecule has 21 nitrogen and oxygen atoms in total. The van der Waals surface area contributed by atoms with Gasteiger partial charge in [-0.05, 0) is 81.8 Å². The second-order valence-electron chi connectivity index (χ2n) is 17.5. The van der Waals surface area contributed by atoms with Crippen LogP contribution in [0.15, 0.2) is 55.8 Å². The minimum atomic E-state index is -3.95. The smallest absolute Gasteiger partial charge is 0.277 e. The molecule has 6 N–H and O–H groups in total. The topological polar surface area (TPSA) is 290 Å². The highest BCUT2D eigenvalue weighted by atomic mass is 35.7. The summed E-state index contributed by atoms with van der Waals surface area (Å²) in [6.07, 6.45) is 6.89. The predicted molar refractivity (Wildman–Crippen MR) is 290 cm³/mol. The molecule has 3 aliphatic rings. The summed E-state index contributed by atoms with van der Waals surface area (Å²) in [5, 5.41) is 37.8. The van der Waals surface area contributed by atoms with E-state index in [1.807, 2.05) is 20.8 Å². The second-order valence-corrected chi connectivity index (χ2v) is 22.0. The quantitative estimate of drug-likeness (QED) is 0.0647. The maximum Gasteiger partial charge on any atom is 0.277 e. The number of aryl methyl sites for hydroxylation is 4. The van der Waals surface area contributed by atoms with Crippen LogP contribution in [0.2, 0.25) is 0 Å². The van der Waals surface area contributed by atoms with Crippen LogP contribution in [-0.2, 0) is 46.0 Å². The molecule has 25 heteroatoms. The average molecular weight is 1110 g/mol. The number of aliphatic hydroxyl groups is 3. The second kappa shape index (κ2) is 28.2. The molecule has 0 unspecified atom stereocenters. The number of sulfonamides is 1. The highest BCUT2D eigenvalue weighted by Gasteiger charge is 2.37. The standard InChI is InChI=1S/C21H27N5O5S.C17H19ClN4O4S.C5H10O.C4H9NO.2CH4.ClH/c1-4-6-16-18-19(25(3)24-16)21(28)23-20(22-18)15-9-14(7-8-17(15)31-5-2)32(29,30)26-10-13(11-26)12-27;1-4-6-12-14-15(22(3)21-12)17(23)20-16(19-14)11-9-10(27(18,24)25)7-8-13(11)26-5-2;6-4-5-2-1-3-5;6-3-4-1-5-2-4;;;/h7-9,13,27H,4-6,10-12H2,1-3H3,(H,22,23,28);7-9H,4-6H2,1-3H3,(H,19,20,23);5-6H,1-4H2;4-6H,1-3H2;2*1H4;1H. The van der Waals surface area contributed by atoms with Crippen LogP contribution in [0, 0.1) is 17.8 Å². The molecule has 9 rings (SSSR count). The van der Waals surface area contributed by atoms with Crippen LogP contribution in [0.1, 0.15) is 86.0 Å². The van der Waals surface area contributed by atoms with Gasteiger partial charge < -0.3 is 40.1 Å². The van der Waals surface area contributed by atoms with E-state index in [0.717, 1.165) is 31.6 Å². The molecule has 2 aliphatic heterocycles. The molecule has 74 heavy (non-hydrogen) atoms. The first-order chi connectivity index (χ1) is 33.9. The lowest BCUT2D eigenvalue weighted by atomic mass is 9.86. The van der Waals surface area contributed by atoms with Crippen LogP contribution in [0.25, 0.3) is 44.8 Å². The molecule has 1 saturated carbocycles. The van der Waals surface area contributed by atoms with Crippen molar-refractivity contribution in [3.05, 3.63) is 68.5 Å². The Bertz CT molecular complexity index is 3110. The van der Waals surface area contributed by atoms with Crippen LogP contribution in [0.3, 0.4) is 0 Å². The Labute approximate surface area is 444 Å². The van der Waals surface area contributed by atoms with E-state index in [0.29, 0.717) is 101 Å². The minimum absolute atomic E-state index is 0. The number of aromatic nitrogens is 8. The molecule has 4 aromatic heterocycles. The Morgan fingerprint density at radius 2 is 1.11 bits per heavy atom. The van der Waals surface area contributed by atoms with Crippen molar-refractivity contribution < 1.29 is 41.6 Å². The molecule has 6 aromatic rings. The molecular formula is C49H74Cl2N10O11S2. The summed E-state index contributed by atoms with van der Waals surface area (Å²) in [6.45, 7) is 11.7. The number of hydrogen-bond donors (Lipinski definition) is 6. The SMILES string of the molecule is C.C.CCCc1nn(C)c2c(=O)[nH]c(-c3cc(S(=O)(=O)Cl)ccc3OCC)nc12.CCCc1nn(C)c2c(=O)[nH]c(-c3cc(S(=O)(=O)N4CC(CO)C4)ccc3OCC)nc12.Cl.OCC1CCC1.OCC1CNC1. The van der Waals surface area contributed by atoms with E-state index in [4.69, 9.17) is 30.4 Å². The molecular weight excluding hydrogens is 1040 g/mol. The zero-order chi connectivity index (χ0) is 51.6. The average Bonchev–Trinajstić information content (AvgIpc) is 3.77. The molecule has 0 radical (unpaired) electrons. The molecule has 0 atom stereocenters. The van der Waals surface area contributed by atoms with Gasteiger partial charge in [0.2, 0.25) is 10.0 Å². The van der Waals surface area contributed by atoms with Crippen LogP contribution in [-0.4, -0.2) is 135 Å². The molecule has 3 fully saturated rings. The summed E-state index contributed by atoms with van der Waals surface area (Å²) in [4.78, 5) is 40.1. The lowest BCUT2D eigenvalue weighted by Gasteiger charge is -2.37.